The number of nitrogens with one attached hydrogen (secondary N) is 1. The van der Waals surface area contributed by atoms with Gasteiger partial charge in [-0.2, -0.15) is 0 Å². The van der Waals surface area contributed by atoms with Crippen LogP contribution in [0.2, 0.25) is 0 Å². The lowest BCUT2D eigenvalue weighted by atomic mass is 10.2. The van der Waals surface area contributed by atoms with Gasteiger partial charge in [-0.15, -0.1) is 0 Å². The minimum absolute atomic E-state index is 0.650. The fraction of sp³-hybridized carbons (Fsp3) is 0.167. The van der Waals surface area contributed by atoms with Crippen LogP contribution in [0.1, 0.15) is 12.0 Å². The number of H-pyrrole nitrogens is 1. The van der Waals surface area contributed by atoms with E-state index >= 15 is 0 Å². The molecule has 15 heavy (non-hydrogen) atoms. The van der Waals surface area contributed by atoms with Gasteiger partial charge in [0, 0.05) is 6.20 Å². The van der Waals surface area contributed by atoms with Crippen molar-refractivity contribution in [2.75, 3.05) is 5.73 Å². The predicted octanol–water partition coefficient (Wildman–Crippen LogP) is -0.458. The fourth-order valence-electron chi connectivity index (χ4n) is 1.00. The summed E-state index contributed by atoms with van der Waals surface area (Å²) in [5.74, 6) is 0. The van der Waals surface area contributed by atoms with E-state index in [1.807, 2.05) is 4.98 Å². The summed E-state index contributed by atoms with van der Waals surface area (Å²) in [6, 6.07) is 0. The number of nitrogens with two attached hydrogens (primary N) is 2. The van der Waals surface area contributed by atoms with Crippen LogP contribution in [0, 0.1) is 0 Å². The van der Waals surface area contributed by atoms with Crippen LogP contribution in [-0.4, -0.2) is 13.4 Å². The molecule has 0 aromatic carbocycles. The molecule has 0 saturated heterocycles. The maximum Gasteiger partial charge on any atom is 0.270 e. The third kappa shape index (κ3) is 2.13. The van der Waals surface area contributed by atoms with Crippen molar-refractivity contribution in [2.45, 2.75) is 11.3 Å². The Hall–Kier alpha value is -1.48. The Labute approximate surface area is 82.9 Å². The molecule has 0 spiro atoms. The number of alkyl halides is 2. The van der Waals surface area contributed by atoms with Gasteiger partial charge in [0.25, 0.3) is 12.0 Å². The second-order valence-corrected chi connectivity index (χ2v) is 4.16. The predicted molar refractivity (Wildman–Crippen MR) is 47.8 cm³/mol. The van der Waals surface area contributed by atoms with Crippen LogP contribution in [-0.2, 0) is 10.0 Å². The highest BCUT2D eigenvalue weighted by atomic mass is 32.2. The number of aromatic amines is 1. The van der Waals surface area contributed by atoms with E-state index in [0.29, 0.717) is 6.20 Å². The van der Waals surface area contributed by atoms with Crippen molar-refractivity contribution in [2.24, 2.45) is 5.14 Å². The molecule has 1 heterocycles. The highest BCUT2D eigenvalue weighted by Gasteiger charge is 2.23. The smallest absolute Gasteiger partial charge is 0.270 e. The number of primary sulfonamides is 1. The van der Waals surface area contributed by atoms with Crippen LogP contribution in [0.15, 0.2) is 15.9 Å². The number of halogens is 2. The average Bonchev–Trinajstić information content (AvgIpc) is 2.00. The number of hydrogen-bond donors (Lipinski definition) is 3. The van der Waals surface area contributed by atoms with E-state index < -0.39 is 38.2 Å². The quantitative estimate of drug-likeness (QED) is 0.647. The molecule has 0 unspecified atom stereocenters. The van der Waals surface area contributed by atoms with Crippen molar-refractivity contribution in [3.05, 3.63) is 22.1 Å². The van der Waals surface area contributed by atoms with Gasteiger partial charge in [0.15, 0.2) is 4.90 Å². The van der Waals surface area contributed by atoms with E-state index in [1.54, 1.807) is 0 Å². The lowest BCUT2D eigenvalue weighted by molar-refractivity contribution is 0.151. The summed E-state index contributed by atoms with van der Waals surface area (Å²) in [4.78, 5) is 11.8. The molecule has 1 rings (SSSR count). The van der Waals surface area contributed by atoms with Crippen LogP contribution in [0.4, 0.5) is 14.5 Å². The van der Waals surface area contributed by atoms with Crippen LogP contribution >= 0.6 is 0 Å². The van der Waals surface area contributed by atoms with Gasteiger partial charge >= 0.3 is 0 Å². The number of nitrogen functional groups attached to an aromatic ring is 1. The lowest BCUT2D eigenvalue weighted by Gasteiger charge is -2.07. The number of hydrogen-bond acceptors (Lipinski definition) is 4. The first kappa shape index (κ1) is 11.6. The zero-order chi connectivity index (χ0) is 11.8. The maximum absolute atomic E-state index is 12.3. The molecule has 0 radical (unpaired) electrons. The van der Waals surface area contributed by atoms with Crippen molar-refractivity contribution >= 4 is 15.7 Å². The van der Waals surface area contributed by atoms with Crippen LogP contribution in [0.5, 0.6) is 0 Å². The highest BCUT2D eigenvalue weighted by molar-refractivity contribution is 7.89. The first-order chi connectivity index (χ1) is 6.75. The third-order valence-electron chi connectivity index (χ3n) is 1.64. The van der Waals surface area contributed by atoms with Crippen LogP contribution in [0.3, 0.4) is 0 Å². The van der Waals surface area contributed by atoms with Gasteiger partial charge in [-0.1, -0.05) is 0 Å². The number of pyridine rings is 1. The molecular formula is C6H7F2N3O3S. The molecule has 0 aliphatic heterocycles. The van der Waals surface area contributed by atoms with Gasteiger partial charge in [-0.05, 0) is 0 Å². The topological polar surface area (TPSA) is 119 Å². The van der Waals surface area contributed by atoms with Gasteiger partial charge in [-0.3, -0.25) is 4.79 Å². The normalized spacial score (nSPS) is 12.0. The number of sulfonamides is 1. The Morgan fingerprint density at radius 1 is 1.40 bits per heavy atom. The van der Waals surface area contributed by atoms with E-state index in [2.05, 4.69) is 5.14 Å². The first-order valence-electron chi connectivity index (χ1n) is 3.57. The van der Waals surface area contributed by atoms with Crippen LogP contribution in [0.25, 0.3) is 0 Å². The third-order valence-corrected chi connectivity index (χ3v) is 2.61. The molecule has 0 aliphatic carbocycles. The lowest BCUT2D eigenvalue weighted by Crippen LogP contribution is -2.26. The summed E-state index contributed by atoms with van der Waals surface area (Å²) in [6.07, 6.45) is -2.35. The van der Waals surface area contributed by atoms with Gasteiger partial charge < -0.3 is 10.7 Å². The average molecular weight is 239 g/mol. The molecule has 0 amide bonds. The molecule has 0 aliphatic rings. The monoisotopic (exact) mass is 239 g/mol. The molecule has 9 heteroatoms. The standard InChI is InChI=1S/C6H7F2N3O3S/c7-5(8)2-1-11-6(12)4(3(2)9)15(10,13)14/h1,5H,(H3,9,11,12)(H2,10,13,14). The number of rotatable bonds is 2. The van der Waals surface area contributed by atoms with Crippen LogP contribution < -0.4 is 16.4 Å². The second kappa shape index (κ2) is 3.59. The Morgan fingerprint density at radius 2 is 1.93 bits per heavy atom. The zero-order valence-electron chi connectivity index (χ0n) is 7.20. The molecule has 84 valence electrons. The van der Waals surface area contributed by atoms with E-state index in [4.69, 9.17) is 5.73 Å². The van der Waals surface area contributed by atoms with E-state index in [1.165, 1.54) is 0 Å². The van der Waals surface area contributed by atoms with Crippen molar-refractivity contribution in [3.63, 3.8) is 0 Å². The van der Waals surface area contributed by atoms with E-state index in [9.17, 15) is 22.0 Å². The van der Waals surface area contributed by atoms with E-state index in [-0.39, 0.29) is 0 Å². The molecule has 0 atom stereocenters. The van der Waals surface area contributed by atoms with Crippen molar-refractivity contribution in [1.29, 1.82) is 0 Å². The van der Waals surface area contributed by atoms with Gasteiger partial charge in [0.1, 0.15) is 0 Å². The molecular weight excluding hydrogens is 232 g/mol. The fourth-order valence-corrected chi connectivity index (χ4v) is 1.74. The molecule has 1 aromatic heterocycles. The molecule has 0 fully saturated rings. The first-order valence-corrected chi connectivity index (χ1v) is 5.11. The highest BCUT2D eigenvalue weighted by Crippen LogP contribution is 2.26. The molecule has 1 aromatic rings. The number of anilines is 1. The van der Waals surface area contributed by atoms with Gasteiger partial charge in [0.2, 0.25) is 10.0 Å². The van der Waals surface area contributed by atoms with Gasteiger partial charge in [-0.25, -0.2) is 22.3 Å². The summed E-state index contributed by atoms with van der Waals surface area (Å²) in [7, 11) is -4.42. The van der Waals surface area contributed by atoms with Crippen molar-refractivity contribution in [1.82, 2.24) is 4.98 Å². The largest absolute Gasteiger partial charge is 0.397 e. The summed E-state index contributed by atoms with van der Waals surface area (Å²) >= 11 is 0. The minimum atomic E-state index is -4.42. The molecule has 6 nitrogen and oxygen atoms in total. The van der Waals surface area contributed by atoms with Crippen molar-refractivity contribution < 1.29 is 17.2 Å². The summed E-state index contributed by atoms with van der Waals surface area (Å²) < 4.78 is 46.3. The molecule has 0 saturated carbocycles. The number of aromatic nitrogens is 1. The Kier molecular flexibility index (Phi) is 2.77. The second-order valence-electron chi connectivity index (χ2n) is 2.66. The summed E-state index contributed by atoms with van der Waals surface area (Å²) in [5.41, 5.74) is 2.38. The Bertz CT molecular complexity index is 537. The van der Waals surface area contributed by atoms with E-state index in [0.717, 1.165) is 0 Å². The Morgan fingerprint density at radius 3 is 2.33 bits per heavy atom. The zero-order valence-corrected chi connectivity index (χ0v) is 8.01. The molecule has 0 bridgehead atoms. The summed E-state index contributed by atoms with van der Waals surface area (Å²) in [6.45, 7) is 0. The van der Waals surface area contributed by atoms with Gasteiger partial charge in [0.05, 0.1) is 11.3 Å². The molecule has 5 N–H and O–H groups in total. The maximum atomic E-state index is 12.3. The Balaban J connectivity index is 3.66. The van der Waals surface area contributed by atoms with Crippen molar-refractivity contribution in [3.8, 4) is 0 Å². The summed E-state index contributed by atoms with van der Waals surface area (Å²) in [5, 5.41) is 4.65. The SMILES string of the molecule is Nc1c(C(F)F)c[nH]c(=O)c1S(N)(=O)=O. The minimum Gasteiger partial charge on any atom is -0.397 e.